The second-order valence-corrected chi connectivity index (χ2v) is 11.1. The summed E-state index contributed by atoms with van der Waals surface area (Å²) >= 11 is 5.21. The van der Waals surface area contributed by atoms with Gasteiger partial charge in [0.05, 0.1) is 0 Å². The minimum Gasteiger partial charge on any atom is -0.0736 e. The largest absolute Gasteiger partial charge is 0.0736 e. The van der Waals surface area contributed by atoms with E-state index >= 15 is 0 Å². The predicted octanol–water partition coefficient (Wildman–Crippen LogP) is 6.80. The van der Waals surface area contributed by atoms with Crippen molar-refractivity contribution in [2.75, 3.05) is 0 Å². The highest BCUT2D eigenvalue weighted by molar-refractivity contribution is 14.1. The van der Waals surface area contributed by atoms with Gasteiger partial charge in [-0.1, -0.05) is 72.8 Å². The Balaban J connectivity index is 1.74. The van der Waals surface area contributed by atoms with Crippen molar-refractivity contribution in [1.29, 1.82) is 0 Å². The van der Waals surface area contributed by atoms with Gasteiger partial charge in [0.25, 0.3) is 0 Å². The summed E-state index contributed by atoms with van der Waals surface area (Å²) in [5.41, 5.74) is 5.03. The topological polar surface area (TPSA) is 0 Å². The number of fused-ring (bicyclic) bond motifs is 3. The molecule has 0 amide bonds. The second-order valence-electron chi connectivity index (χ2n) is 7.74. The van der Waals surface area contributed by atoms with Crippen molar-refractivity contribution in [3.05, 3.63) is 68.8 Å². The molecule has 0 radical (unpaired) electrons. The Kier molecular flexibility index (Phi) is 4.07. The zero-order valence-electron chi connectivity index (χ0n) is 13.7. The fraction of sp³-hybridized carbons (Fsp3) is 0.429. The quantitative estimate of drug-likeness (QED) is 0.283. The van der Waals surface area contributed by atoms with Gasteiger partial charge >= 0.3 is 0 Å². The maximum Gasteiger partial charge on any atom is 0.0473 e. The van der Waals surface area contributed by atoms with Crippen LogP contribution in [0.4, 0.5) is 0 Å². The van der Waals surface area contributed by atoms with E-state index in [1.165, 1.54) is 28.4 Å². The van der Waals surface area contributed by atoms with Gasteiger partial charge in [-0.25, -0.2) is 0 Å². The summed E-state index contributed by atoms with van der Waals surface area (Å²) < 4.78 is 1.67. The van der Waals surface area contributed by atoms with Crippen LogP contribution in [0.3, 0.4) is 0 Å². The lowest BCUT2D eigenvalue weighted by Crippen LogP contribution is -2.36. The fourth-order valence-corrected chi connectivity index (χ4v) is 6.55. The van der Waals surface area contributed by atoms with Gasteiger partial charge in [0.1, 0.15) is 0 Å². The SMILES string of the molecule is CC1(C)c2cc(I)ccc2C2CCC(I)(c3ccccc3)CC21. The summed E-state index contributed by atoms with van der Waals surface area (Å²) in [5.74, 6) is 1.50. The van der Waals surface area contributed by atoms with Crippen LogP contribution in [-0.2, 0) is 8.84 Å². The highest BCUT2D eigenvalue weighted by Gasteiger charge is 2.52. The van der Waals surface area contributed by atoms with Gasteiger partial charge in [-0.05, 0) is 87.9 Å². The van der Waals surface area contributed by atoms with Crippen LogP contribution in [0.25, 0.3) is 0 Å². The van der Waals surface area contributed by atoms with E-state index < -0.39 is 0 Å². The third kappa shape index (κ3) is 2.59. The van der Waals surface area contributed by atoms with Gasteiger partial charge in [0.15, 0.2) is 0 Å². The number of hydrogen-bond donors (Lipinski definition) is 0. The zero-order valence-corrected chi connectivity index (χ0v) is 18.0. The van der Waals surface area contributed by atoms with Crippen molar-refractivity contribution in [2.24, 2.45) is 5.92 Å². The lowest BCUT2D eigenvalue weighted by molar-refractivity contribution is 0.205. The lowest BCUT2D eigenvalue weighted by atomic mass is 9.65. The molecule has 0 heterocycles. The van der Waals surface area contributed by atoms with Gasteiger partial charge < -0.3 is 0 Å². The number of halogens is 2. The summed E-state index contributed by atoms with van der Waals surface area (Å²) in [4.78, 5) is 0. The lowest BCUT2D eigenvalue weighted by Gasteiger charge is -2.44. The van der Waals surface area contributed by atoms with E-state index in [2.05, 4.69) is 108 Å². The molecule has 2 aromatic carbocycles. The molecule has 120 valence electrons. The van der Waals surface area contributed by atoms with Crippen molar-refractivity contribution < 1.29 is 0 Å². The number of alkyl halides is 1. The molecule has 0 N–H and O–H groups in total. The Hall–Kier alpha value is -0.100. The average molecular weight is 528 g/mol. The summed E-state index contributed by atoms with van der Waals surface area (Å²) in [7, 11) is 0. The van der Waals surface area contributed by atoms with E-state index in [-0.39, 0.29) is 5.41 Å². The molecule has 0 bridgehead atoms. The molecular weight excluding hydrogens is 506 g/mol. The molecule has 2 aromatic rings. The van der Waals surface area contributed by atoms with Gasteiger partial charge in [-0.15, -0.1) is 0 Å². The monoisotopic (exact) mass is 528 g/mol. The smallest absolute Gasteiger partial charge is 0.0473 e. The third-order valence-corrected chi connectivity index (χ3v) is 8.48. The maximum atomic E-state index is 2.75. The Morgan fingerprint density at radius 2 is 1.78 bits per heavy atom. The molecule has 3 atom stereocenters. The van der Waals surface area contributed by atoms with Crippen LogP contribution in [0.5, 0.6) is 0 Å². The highest BCUT2D eigenvalue weighted by Crippen LogP contribution is 2.62. The van der Waals surface area contributed by atoms with Crippen LogP contribution in [0, 0.1) is 9.49 Å². The van der Waals surface area contributed by atoms with Gasteiger partial charge in [-0.2, -0.15) is 0 Å². The zero-order chi connectivity index (χ0) is 16.2. The van der Waals surface area contributed by atoms with Crippen LogP contribution < -0.4 is 0 Å². The molecule has 0 nitrogen and oxygen atoms in total. The first kappa shape index (κ1) is 16.4. The van der Waals surface area contributed by atoms with Crippen molar-refractivity contribution in [3.8, 4) is 0 Å². The third-order valence-electron chi connectivity index (χ3n) is 6.21. The summed E-state index contributed by atoms with van der Waals surface area (Å²) in [5, 5.41) is 0. The van der Waals surface area contributed by atoms with Crippen molar-refractivity contribution >= 4 is 45.2 Å². The Bertz CT molecular complexity index is 735. The van der Waals surface area contributed by atoms with Crippen LogP contribution in [0.1, 0.15) is 55.7 Å². The first-order chi connectivity index (χ1) is 10.9. The molecule has 3 unspecified atom stereocenters. The van der Waals surface area contributed by atoms with Crippen molar-refractivity contribution in [1.82, 2.24) is 0 Å². The van der Waals surface area contributed by atoms with Crippen LogP contribution >= 0.6 is 45.2 Å². The van der Waals surface area contributed by atoms with E-state index in [9.17, 15) is 0 Å². The number of hydrogen-bond acceptors (Lipinski definition) is 0. The van der Waals surface area contributed by atoms with Gasteiger partial charge in [0.2, 0.25) is 0 Å². The molecule has 0 saturated heterocycles. The Labute approximate surface area is 166 Å². The van der Waals surface area contributed by atoms with E-state index in [4.69, 9.17) is 0 Å². The molecule has 0 aliphatic heterocycles. The second kappa shape index (κ2) is 5.72. The normalized spacial score (nSPS) is 31.5. The maximum absolute atomic E-state index is 2.75. The average Bonchev–Trinajstić information content (AvgIpc) is 2.76. The van der Waals surface area contributed by atoms with Crippen LogP contribution in [0.15, 0.2) is 48.5 Å². The number of rotatable bonds is 1. The molecule has 2 aliphatic rings. The summed E-state index contributed by atoms with van der Waals surface area (Å²) in [6.45, 7) is 4.94. The van der Waals surface area contributed by atoms with Crippen molar-refractivity contribution in [2.45, 2.75) is 47.9 Å². The molecule has 2 aliphatic carbocycles. The van der Waals surface area contributed by atoms with Crippen molar-refractivity contribution in [3.63, 3.8) is 0 Å². The standard InChI is InChI=1S/C21H22I2/c1-20(2)18-12-15(22)8-9-16(18)17-10-11-21(23,13-19(17)20)14-6-4-3-5-7-14/h3-9,12,17,19H,10-11,13H2,1-2H3. The fourth-order valence-electron chi connectivity index (χ4n) is 4.92. The first-order valence-electron chi connectivity index (χ1n) is 8.46. The molecule has 1 saturated carbocycles. The van der Waals surface area contributed by atoms with E-state index in [1.54, 1.807) is 11.1 Å². The molecule has 2 heteroatoms. The molecule has 23 heavy (non-hydrogen) atoms. The Morgan fingerprint density at radius 1 is 1.04 bits per heavy atom. The molecule has 4 rings (SSSR count). The van der Waals surface area contributed by atoms with Gasteiger partial charge in [-0.3, -0.25) is 0 Å². The van der Waals surface area contributed by atoms with Crippen LogP contribution in [0.2, 0.25) is 0 Å². The minimum atomic E-state index is 0.285. The van der Waals surface area contributed by atoms with Crippen LogP contribution in [-0.4, -0.2) is 0 Å². The summed E-state index contributed by atoms with van der Waals surface area (Å²) in [6, 6.07) is 18.3. The van der Waals surface area contributed by atoms with E-state index in [0.29, 0.717) is 3.42 Å². The van der Waals surface area contributed by atoms with E-state index in [1.807, 2.05) is 0 Å². The Morgan fingerprint density at radius 3 is 2.52 bits per heavy atom. The predicted molar refractivity (Wildman–Crippen MR) is 114 cm³/mol. The molecule has 0 spiro atoms. The first-order valence-corrected chi connectivity index (χ1v) is 10.6. The molecule has 0 aromatic heterocycles. The molecular formula is C21H22I2. The van der Waals surface area contributed by atoms with E-state index in [0.717, 1.165) is 11.8 Å². The summed E-state index contributed by atoms with van der Waals surface area (Å²) in [6.07, 6.45) is 3.90. The molecule has 1 fully saturated rings. The highest BCUT2D eigenvalue weighted by atomic mass is 127. The minimum absolute atomic E-state index is 0.285. The van der Waals surface area contributed by atoms with Gasteiger partial charge in [0, 0.05) is 6.99 Å². The number of benzene rings is 2.